The molecule has 0 aliphatic heterocycles. The normalized spacial score (nSPS) is 12.0. The first-order valence-corrected chi connectivity index (χ1v) is 8.44. The number of carboxylic acids is 1. The van der Waals surface area contributed by atoms with Crippen LogP contribution >= 0.6 is 0 Å². The number of aliphatic carboxylic acids is 1. The summed E-state index contributed by atoms with van der Waals surface area (Å²) in [6, 6.07) is 0. The fraction of sp³-hybridized carbons (Fsp3) is 0.722. The number of nitrogens with zero attached hydrogens (tertiary/aromatic N) is 1. The van der Waals surface area contributed by atoms with Crippen molar-refractivity contribution in [2.75, 3.05) is 19.6 Å². The van der Waals surface area contributed by atoms with Crippen LogP contribution in [0.15, 0.2) is 24.3 Å². The van der Waals surface area contributed by atoms with Crippen molar-refractivity contribution < 1.29 is 9.90 Å². The molecule has 3 nitrogen and oxygen atoms in total. The molecule has 0 unspecified atom stereocenters. The third-order valence-corrected chi connectivity index (χ3v) is 3.36. The van der Waals surface area contributed by atoms with Crippen molar-refractivity contribution in [1.82, 2.24) is 4.90 Å². The van der Waals surface area contributed by atoms with Crippen LogP contribution in [0, 0.1) is 0 Å². The second-order valence-electron chi connectivity index (χ2n) is 5.47. The van der Waals surface area contributed by atoms with E-state index in [4.69, 9.17) is 5.11 Å². The predicted molar refractivity (Wildman–Crippen MR) is 90.6 cm³/mol. The summed E-state index contributed by atoms with van der Waals surface area (Å²) in [5.74, 6) is -0.736. The summed E-state index contributed by atoms with van der Waals surface area (Å²) < 4.78 is 0. The van der Waals surface area contributed by atoms with E-state index in [9.17, 15) is 4.79 Å². The molecule has 0 saturated carbocycles. The summed E-state index contributed by atoms with van der Waals surface area (Å²) in [7, 11) is 0. The van der Waals surface area contributed by atoms with Gasteiger partial charge in [-0.2, -0.15) is 0 Å². The second-order valence-corrected chi connectivity index (χ2v) is 5.47. The number of rotatable bonds is 14. The first-order chi connectivity index (χ1) is 10.2. The minimum Gasteiger partial charge on any atom is -0.480 e. The van der Waals surface area contributed by atoms with Gasteiger partial charge in [-0.1, -0.05) is 63.8 Å². The summed E-state index contributed by atoms with van der Waals surface area (Å²) in [5, 5.41) is 8.95. The molecule has 0 radical (unpaired) electrons. The van der Waals surface area contributed by atoms with Gasteiger partial charge in [-0.15, -0.1) is 0 Å². The molecular weight excluding hydrogens is 262 g/mol. The van der Waals surface area contributed by atoms with Crippen LogP contribution < -0.4 is 0 Å². The average Bonchev–Trinajstić information content (AvgIpc) is 2.45. The molecule has 0 atom stereocenters. The number of carbonyl (C=O) groups is 1. The Morgan fingerprint density at radius 1 is 0.857 bits per heavy atom. The number of allylic oxidation sites excluding steroid dienone is 2. The van der Waals surface area contributed by atoms with Gasteiger partial charge in [0, 0.05) is 13.1 Å². The first-order valence-electron chi connectivity index (χ1n) is 8.44. The zero-order chi connectivity index (χ0) is 15.8. The number of carboxylic acid groups (broad SMARTS) is 1. The highest BCUT2D eigenvalue weighted by Crippen LogP contribution is 2.01. The SMILES string of the molecule is CCCC/C=C/CCN(CC/C=C/CCCC)CC(=O)O. The average molecular weight is 295 g/mol. The van der Waals surface area contributed by atoms with Gasteiger partial charge in [0.2, 0.25) is 0 Å². The fourth-order valence-electron chi connectivity index (χ4n) is 2.09. The van der Waals surface area contributed by atoms with Gasteiger partial charge in [-0.05, 0) is 25.7 Å². The maximum atomic E-state index is 10.9. The van der Waals surface area contributed by atoms with E-state index in [0.717, 1.165) is 38.8 Å². The maximum Gasteiger partial charge on any atom is 0.317 e. The summed E-state index contributed by atoms with van der Waals surface area (Å²) >= 11 is 0. The van der Waals surface area contributed by atoms with Gasteiger partial charge in [0.05, 0.1) is 6.54 Å². The maximum absolute atomic E-state index is 10.9. The van der Waals surface area contributed by atoms with Crippen LogP contribution in [0.4, 0.5) is 0 Å². The van der Waals surface area contributed by atoms with Crippen LogP contribution in [0.5, 0.6) is 0 Å². The van der Waals surface area contributed by atoms with Crippen LogP contribution in [0.2, 0.25) is 0 Å². The Morgan fingerprint density at radius 3 is 1.67 bits per heavy atom. The van der Waals surface area contributed by atoms with Crippen molar-refractivity contribution in [3.8, 4) is 0 Å². The van der Waals surface area contributed by atoms with Gasteiger partial charge in [0.25, 0.3) is 0 Å². The smallest absolute Gasteiger partial charge is 0.317 e. The van der Waals surface area contributed by atoms with E-state index in [1.165, 1.54) is 25.7 Å². The van der Waals surface area contributed by atoms with Gasteiger partial charge < -0.3 is 5.11 Å². The molecule has 0 fully saturated rings. The molecule has 0 bridgehead atoms. The van der Waals surface area contributed by atoms with E-state index in [1.54, 1.807) is 0 Å². The molecule has 1 N–H and O–H groups in total. The van der Waals surface area contributed by atoms with Crippen LogP contribution in [0.3, 0.4) is 0 Å². The molecular formula is C18H33NO2. The lowest BCUT2D eigenvalue weighted by Gasteiger charge is -2.18. The third kappa shape index (κ3) is 15.1. The minimum atomic E-state index is -0.736. The molecule has 0 spiro atoms. The van der Waals surface area contributed by atoms with E-state index in [0.29, 0.717) is 0 Å². The second kappa shape index (κ2) is 15.3. The van der Waals surface area contributed by atoms with E-state index >= 15 is 0 Å². The molecule has 0 aromatic heterocycles. The summed E-state index contributed by atoms with van der Waals surface area (Å²) in [5.41, 5.74) is 0. The number of hydrogen-bond donors (Lipinski definition) is 1. The summed E-state index contributed by atoms with van der Waals surface area (Å²) in [6.45, 7) is 6.19. The molecule has 0 aliphatic carbocycles. The lowest BCUT2D eigenvalue weighted by atomic mass is 10.2. The Balaban J connectivity index is 3.89. The number of hydrogen-bond acceptors (Lipinski definition) is 2. The van der Waals surface area contributed by atoms with Crippen molar-refractivity contribution in [3.63, 3.8) is 0 Å². The van der Waals surface area contributed by atoms with Crippen LogP contribution in [-0.2, 0) is 4.79 Å². The predicted octanol–water partition coefficient (Wildman–Crippen LogP) is 4.65. The Labute approximate surface area is 130 Å². The van der Waals surface area contributed by atoms with E-state index in [-0.39, 0.29) is 6.54 Å². The fourth-order valence-corrected chi connectivity index (χ4v) is 2.09. The lowest BCUT2D eigenvalue weighted by Crippen LogP contribution is -2.31. The van der Waals surface area contributed by atoms with Gasteiger partial charge in [0.1, 0.15) is 0 Å². The Hall–Kier alpha value is -1.09. The Bertz CT molecular complexity index is 276. The highest BCUT2D eigenvalue weighted by molar-refractivity contribution is 5.69. The highest BCUT2D eigenvalue weighted by atomic mass is 16.4. The topological polar surface area (TPSA) is 40.5 Å². The van der Waals surface area contributed by atoms with Gasteiger partial charge >= 0.3 is 5.97 Å². The van der Waals surface area contributed by atoms with Gasteiger partial charge in [0.15, 0.2) is 0 Å². The molecule has 0 heterocycles. The third-order valence-electron chi connectivity index (χ3n) is 3.36. The largest absolute Gasteiger partial charge is 0.480 e. The lowest BCUT2D eigenvalue weighted by molar-refractivity contribution is -0.138. The highest BCUT2D eigenvalue weighted by Gasteiger charge is 2.07. The molecule has 0 rings (SSSR count). The molecule has 122 valence electrons. The van der Waals surface area contributed by atoms with Crippen LogP contribution in [0.25, 0.3) is 0 Å². The molecule has 0 aromatic carbocycles. The van der Waals surface area contributed by atoms with Crippen molar-refractivity contribution >= 4 is 5.97 Å². The minimum absolute atomic E-state index is 0.144. The number of unbranched alkanes of at least 4 members (excludes halogenated alkanes) is 4. The standard InChI is InChI=1S/C18H33NO2/c1-3-5-7-9-11-13-15-19(17-18(20)21)16-14-12-10-8-6-4-2/h9-12H,3-8,13-17H2,1-2H3,(H,20,21)/b11-9+,12-10+. The van der Waals surface area contributed by atoms with Crippen LogP contribution in [0.1, 0.15) is 65.2 Å². The van der Waals surface area contributed by atoms with E-state index in [2.05, 4.69) is 38.2 Å². The summed E-state index contributed by atoms with van der Waals surface area (Å²) in [6.07, 6.45) is 17.9. The summed E-state index contributed by atoms with van der Waals surface area (Å²) in [4.78, 5) is 12.9. The molecule has 0 aromatic rings. The first kappa shape index (κ1) is 19.9. The molecule has 3 heteroatoms. The van der Waals surface area contributed by atoms with Crippen molar-refractivity contribution in [2.24, 2.45) is 0 Å². The molecule has 0 saturated heterocycles. The molecule has 0 aliphatic rings. The zero-order valence-corrected chi connectivity index (χ0v) is 13.9. The Morgan fingerprint density at radius 2 is 1.29 bits per heavy atom. The Kier molecular flexibility index (Phi) is 14.5. The zero-order valence-electron chi connectivity index (χ0n) is 13.9. The molecule has 21 heavy (non-hydrogen) atoms. The monoisotopic (exact) mass is 295 g/mol. The van der Waals surface area contributed by atoms with Crippen molar-refractivity contribution in [2.45, 2.75) is 65.2 Å². The molecule has 0 amide bonds. The van der Waals surface area contributed by atoms with Gasteiger partial charge in [-0.3, -0.25) is 9.69 Å². The quantitative estimate of drug-likeness (QED) is 0.375. The van der Waals surface area contributed by atoms with E-state index in [1.807, 2.05) is 4.90 Å². The van der Waals surface area contributed by atoms with E-state index < -0.39 is 5.97 Å². The van der Waals surface area contributed by atoms with Crippen molar-refractivity contribution in [3.05, 3.63) is 24.3 Å². The van der Waals surface area contributed by atoms with Crippen LogP contribution in [-0.4, -0.2) is 35.6 Å². The van der Waals surface area contributed by atoms with Crippen molar-refractivity contribution in [1.29, 1.82) is 0 Å². The van der Waals surface area contributed by atoms with Gasteiger partial charge in [-0.25, -0.2) is 0 Å².